The Balaban J connectivity index is 1.88. The van der Waals surface area contributed by atoms with Gasteiger partial charge in [0, 0.05) is 17.6 Å². The third-order valence-electron chi connectivity index (χ3n) is 4.23. The van der Waals surface area contributed by atoms with Gasteiger partial charge in [0.05, 0.1) is 6.10 Å². The van der Waals surface area contributed by atoms with E-state index in [9.17, 15) is 14.3 Å². The monoisotopic (exact) mass is 263 g/mol. The van der Waals surface area contributed by atoms with Gasteiger partial charge in [0.2, 0.25) is 0 Å². The van der Waals surface area contributed by atoms with E-state index in [1.54, 1.807) is 13.0 Å². The number of fused-ring (bicyclic) bond motifs is 2. The number of halogens is 1. The minimum absolute atomic E-state index is 0.0954. The van der Waals surface area contributed by atoms with E-state index in [-0.39, 0.29) is 29.9 Å². The predicted octanol–water partition coefficient (Wildman–Crippen LogP) is 2.26. The lowest BCUT2D eigenvalue weighted by atomic mass is 9.98. The molecule has 1 aromatic rings. The minimum atomic E-state index is -0.368. The number of amides is 1. The lowest BCUT2D eigenvalue weighted by Gasteiger charge is -2.37. The molecule has 4 heteroatoms. The first-order valence-electron chi connectivity index (χ1n) is 6.82. The molecular weight excluding hydrogens is 245 g/mol. The van der Waals surface area contributed by atoms with Crippen LogP contribution in [0.4, 0.5) is 4.39 Å². The van der Waals surface area contributed by atoms with E-state index in [2.05, 4.69) is 0 Å². The van der Waals surface area contributed by atoms with Crippen molar-refractivity contribution in [3.8, 4) is 0 Å². The standard InChI is InChI=1S/C15H18FNO2/c1-9-4-10(6-11(16)5-9)15(19)17-12-2-3-13(17)8-14(18)7-12/h4-6,12-14,18H,2-3,7-8H2,1H3. The zero-order valence-corrected chi connectivity index (χ0v) is 11.0. The van der Waals surface area contributed by atoms with Gasteiger partial charge in [-0.05, 0) is 56.4 Å². The summed E-state index contributed by atoms with van der Waals surface area (Å²) >= 11 is 0. The van der Waals surface area contributed by atoms with Crippen LogP contribution in [0.15, 0.2) is 18.2 Å². The van der Waals surface area contributed by atoms with Crippen LogP contribution in [0.5, 0.6) is 0 Å². The number of nitrogens with zero attached hydrogens (tertiary/aromatic N) is 1. The quantitative estimate of drug-likeness (QED) is 0.844. The number of aliphatic hydroxyl groups is 1. The second-order valence-corrected chi connectivity index (χ2v) is 5.74. The van der Waals surface area contributed by atoms with Crippen LogP contribution < -0.4 is 0 Å². The molecule has 0 saturated carbocycles. The van der Waals surface area contributed by atoms with E-state index in [1.807, 2.05) is 4.90 Å². The molecule has 2 bridgehead atoms. The van der Waals surface area contributed by atoms with Gasteiger partial charge < -0.3 is 10.0 Å². The van der Waals surface area contributed by atoms with Crippen molar-refractivity contribution in [2.24, 2.45) is 0 Å². The Bertz CT molecular complexity index is 483. The highest BCUT2D eigenvalue weighted by Gasteiger charge is 2.42. The average molecular weight is 263 g/mol. The topological polar surface area (TPSA) is 40.5 Å². The molecule has 2 fully saturated rings. The molecule has 19 heavy (non-hydrogen) atoms. The van der Waals surface area contributed by atoms with Gasteiger partial charge in [0.15, 0.2) is 0 Å². The zero-order chi connectivity index (χ0) is 13.6. The molecule has 2 unspecified atom stereocenters. The van der Waals surface area contributed by atoms with Crippen LogP contribution in [-0.4, -0.2) is 34.1 Å². The number of aliphatic hydroxyl groups excluding tert-OH is 1. The molecule has 1 aromatic carbocycles. The molecule has 2 saturated heterocycles. The fourth-order valence-corrected chi connectivity index (χ4v) is 3.49. The Morgan fingerprint density at radius 1 is 1.26 bits per heavy atom. The van der Waals surface area contributed by atoms with Crippen molar-refractivity contribution in [1.82, 2.24) is 4.90 Å². The Morgan fingerprint density at radius 2 is 1.89 bits per heavy atom. The van der Waals surface area contributed by atoms with Gasteiger partial charge in [-0.3, -0.25) is 4.79 Å². The van der Waals surface area contributed by atoms with Gasteiger partial charge in [-0.25, -0.2) is 4.39 Å². The molecule has 0 aliphatic carbocycles. The smallest absolute Gasteiger partial charge is 0.254 e. The summed E-state index contributed by atoms with van der Waals surface area (Å²) in [5, 5.41) is 9.75. The van der Waals surface area contributed by atoms with Gasteiger partial charge in [0.25, 0.3) is 5.91 Å². The molecule has 0 radical (unpaired) electrons. The number of aryl methyl sites for hydroxylation is 1. The van der Waals surface area contributed by atoms with E-state index >= 15 is 0 Å². The Hall–Kier alpha value is -1.42. The van der Waals surface area contributed by atoms with E-state index in [0.29, 0.717) is 18.4 Å². The first-order chi connectivity index (χ1) is 9.04. The summed E-state index contributed by atoms with van der Waals surface area (Å²) in [4.78, 5) is 14.4. The van der Waals surface area contributed by atoms with E-state index in [0.717, 1.165) is 18.4 Å². The van der Waals surface area contributed by atoms with Crippen molar-refractivity contribution in [1.29, 1.82) is 0 Å². The van der Waals surface area contributed by atoms with E-state index < -0.39 is 0 Å². The normalized spacial score (nSPS) is 29.6. The van der Waals surface area contributed by atoms with Gasteiger partial charge in [-0.1, -0.05) is 0 Å². The Morgan fingerprint density at radius 3 is 2.47 bits per heavy atom. The summed E-state index contributed by atoms with van der Waals surface area (Å²) in [5.41, 5.74) is 1.18. The molecule has 3 nitrogen and oxygen atoms in total. The molecule has 2 atom stereocenters. The third-order valence-corrected chi connectivity index (χ3v) is 4.23. The molecule has 2 aliphatic heterocycles. The second-order valence-electron chi connectivity index (χ2n) is 5.74. The number of rotatable bonds is 1. The largest absolute Gasteiger partial charge is 0.393 e. The fourth-order valence-electron chi connectivity index (χ4n) is 3.49. The maximum Gasteiger partial charge on any atom is 0.254 e. The molecule has 102 valence electrons. The average Bonchev–Trinajstić information content (AvgIpc) is 2.59. The SMILES string of the molecule is Cc1cc(F)cc(C(=O)N2C3CCC2CC(O)C3)c1. The Kier molecular flexibility index (Phi) is 3.05. The van der Waals surface area contributed by atoms with Crippen LogP contribution in [0, 0.1) is 12.7 Å². The summed E-state index contributed by atoms with van der Waals surface area (Å²) in [5.74, 6) is -0.463. The zero-order valence-electron chi connectivity index (χ0n) is 11.0. The maximum atomic E-state index is 13.4. The molecule has 1 amide bonds. The summed E-state index contributed by atoms with van der Waals surface area (Å²) in [6.45, 7) is 1.79. The lowest BCUT2D eigenvalue weighted by molar-refractivity contribution is 0.0286. The molecule has 1 N–H and O–H groups in total. The number of hydrogen-bond donors (Lipinski definition) is 1. The molecular formula is C15H18FNO2. The molecule has 2 heterocycles. The number of hydrogen-bond acceptors (Lipinski definition) is 2. The number of carbonyl (C=O) groups is 1. The van der Waals surface area contributed by atoms with Crippen molar-refractivity contribution in [2.75, 3.05) is 0 Å². The first kappa shape index (κ1) is 12.6. The molecule has 0 spiro atoms. The second kappa shape index (κ2) is 4.60. The number of benzene rings is 1. The summed E-state index contributed by atoms with van der Waals surface area (Å²) < 4.78 is 13.4. The fraction of sp³-hybridized carbons (Fsp3) is 0.533. The first-order valence-corrected chi connectivity index (χ1v) is 6.82. The lowest BCUT2D eigenvalue weighted by Crippen LogP contribution is -2.48. The van der Waals surface area contributed by atoms with E-state index in [1.165, 1.54) is 12.1 Å². The number of carbonyl (C=O) groups excluding carboxylic acids is 1. The maximum absolute atomic E-state index is 13.4. The van der Waals surface area contributed by atoms with Gasteiger partial charge >= 0.3 is 0 Å². The molecule has 3 rings (SSSR count). The van der Waals surface area contributed by atoms with Gasteiger partial charge in [0.1, 0.15) is 5.82 Å². The van der Waals surface area contributed by atoms with Gasteiger partial charge in [-0.2, -0.15) is 0 Å². The minimum Gasteiger partial charge on any atom is -0.393 e. The summed E-state index contributed by atoms with van der Waals surface area (Å²) in [6.07, 6.45) is 2.90. The van der Waals surface area contributed by atoms with Crippen molar-refractivity contribution < 1.29 is 14.3 Å². The summed E-state index contributed by atoms with van der Waals surface area (Å²) in [7, 11) is 0. The van der Waals surface area contributed by atoms with Crippen molar-refractivity contribution in [3.05, 3.63) is 35.1 Å². The highest BCUT2D eigenvalue weighted by Crippen LogP contribution is 2.36. The van der Waals surface area contributed by atoms with Crippen LogP contribution in [0.2, 0.25) is 0 Å². The Labute approximate surface area is 112 Å². The van der Waals surface area contributed by atoms with Crippen LogP contribution in [-0.2, 0) is 0 Å². The van der Waals surface area contributed by atoms with Crippen LogP contribution in [0.25, 0.3) is 0 Å². The van der Waals surface area contributed by atoms with Gasteiger partial charge in [-0.15, -0.1) is 0 Å². The molecule has 0 aromatic heterocycles. The predicted molar refractivity (Wildman–Crippen MR) is 69.4 cm³/mol. The summed E-state index contributed by atoms with van der Waals surface area (Å²) in [6, 6.07) is 4.69. The highest BCUT2D eigenvalue weighted by molar-refractivity contribution is 5.95. The van der Waals surface area contributed by atoms with Crippen LogP contribution >= 0.6 is 0 Å². The van der Waals surface area contributed by atoms with Crippen molar-refractivity contribution in [2.45, 2.75) is 50.8 Å². The molecule has 2 aliphatic rings. The van der Waals surface area contributed by atoms with Crippen molar-refractivity contribution in [3.63, 3.8) is 0 Å². The third kappa shape index (κ3) is 2.25. The van der Waals surface area contributed by atoms with E-state index in [4.69, 9.17) is 0 Å². The number of piperidine rings is 1. The van der Waals surface area contributed by atoms with Crippen LogP contribution in [0.1, 0.15) is 41.6 Å². The van der Waals surface area contributed by atoms with Crippen LogP contribution in [0.3, 0.4) is 0 Å². The highest BCUT2D eigenvalue weighted by atomic mass is 19.1. The van der Waals surface area contributed by atoms with Crippen molar-refractivity contribution >= 4 is 5.91 Å².